The van der Waals surface area contributed by atoms with Crippen molar-refractivity contribution in [2.75, 3.05) is 6.61 Å². The largest absolute Gasteiger partial charge is 0.394 e. The molecule has 3 N–H and O–H groups in total. The minimum atomic E-state index is -0.387. The first-order chi connectivity index (χ1) is 7.61. The Morgan fingerprint density at radius 2 is 2.50 bits per heavy atom. The van der Waals surface area contributed by atoms with Crippen LogP contribution in [0.5, 0.6) is 0 Å². The van der Waals surface area contributed by atoms with E-state index in [-0.39, 0.29) is 12.1 Å². The molecule has 2 rings (SSSR count). The first-order valence-electron chi connectivity index (χ1n) is 5.47. The maximum Gasteiger partial charge on any atom is 0.187 e. The summed E-state index contributed by atoms with van der Waals surface area (Å²) >= 11 is 1.67. The third-order valence-electron chi connectivity index (χ3n) is 2.96. The van der Waals surface area contributed by atoms with E-state index in [0.717, 1.165) is 30.1 Å². The van der Waals surface area contributed by atoms with Gasteiger partial charge in [-0.25, -0.2) is 9.97 Å². The van der Waals surface area contributed by atoms with Crippen molar-refractivity contribution >= 4 is 11.8 Å². The molecular weight excluding hydrogens is 222 g/mol. The number of nitrogens with zero attached hydrogens (tertiary/aromatic N) is 2. The molecule has 0 saturated heterocycles. The summed E-state index contributed by atoms with van der Waals surface area (Å²) in [6.07, 6.45) is 4.53. The molecule has 1 aliphatic carbocycles. The molecule has 1 fully saturated rings. The fourth-order valence-corrected chi connectivity index (χ4v) is 3.25. The molecule has 2 unspecified atom stereocenters. The summed E-state index contributed by atoms with van der Waals surface area (Å²) in [5.41, 5.74) is 6.62. The smallest absolute Gasteiger partial charge is 0.187 e. The van der Waals surface area contributed by atoms with Gasteiger partial charge in [-0.15, -0.1) is 0 Å². The number of rotatable bonds is 3. The summed E-state index contributed by atoms with van der Waals surface area (Å²) in [6.45, 7) is 2.03. The van der Waals surface area contributed by atoms with Crippen LogP contribution in [0.1, 0.15) is 25.0 Å². The quantitative estimate of drug-likeness (QED) is 0.773. The second-order valence-corrected chi connectivity index (χ2v) is 5.75. The highest BCUT2D eigenvalue weighted by molar-refractivity contribution is 7.99. The van der Waals surface area contributed by atoms with Gasteiger partial charge in [-0.2, -0.15) is 0 Å². The Labute approximate surface area is 99.7 Å². The number of aromatic nitrogens is 2. The second kappa shape index (κ2) is 4.69. The number of hydrogen-bond acceptors (Lipinski definition) is 5. The van der Waals surface area contributed by atoms with E-state index in [0.29, 0.717) is 5.25 Å². The zero-order chi connectivity index (χ0) is 11.6. The second-order valence-electron chi connectivity index (χ2n) is 4.48. The first-order valence-corrected chi connectivity index (χ1v) is 6.35. The summed E-state index contributed by atoms with van der Waals surface area (Å²) in [5, 5.41) is 10.4. The molecule has 4 nitrogen and oxygen atoms in total. The normalized spacial score (nSPS) is 29.6. The molecule has 1 aromatic rings. The predicted molar refractivity (Wildman–Crippen MR) is 64.3 cm³/mol. The van der Waals surface area contributed by atoms with Crippen LogP contribution in [0.15, 0.2) is 17.4 Å². The van der Waals surface area contributed by atoms with Crippen LogP contribution in [0.4, 0.5) is 0 Å². The highest BCUT2D eigenvalue weighted by Gasteiger charge is 2.35. The molecule has 0 aliphatic heterocycles. The molecule has 0 radical (unpaired) electrons. The lowest BCUT2D eigenvalue weighted by molar-refractivity contribution is 0.200. The number of hydrogen-bond donors (Lipinski definition) is 2. The van der Waals surface area contributed by atoms with Crippen LogP contribution in [-0.2, 0) is 0 Å². The van der Waals surface area contributed by atoms with Gasteiger partial charge in [0.05, 0.1) is 6.61 Å². The minimum absolute atomic E-state index is 0.0682. The topological polar surface area (TPSA) is 72.0 Å². The van der Waals surface area contributed by atoms with E-state index >= 15 is 0 Å². The number of nitrogens with two attached hydrogens (primary N) is 1. The van der Waals surface area contributed by atoms with Gasteiger partial charge >= 0.3 is 0 Å². The summed E-state index contributed by atoms with van der Waals surface area (Å²) in [4.78, 5) is 8.58. The van der Waals surface area contributed by atoms with E-state index in [4.69, 9.17) is 5.73 Å². The maximum absolute atomic E-state index is 9.19. The number of aryl methyl sites for hydroxylation is 1. The Kier molecular flexibility index (Phi) is 3.47. The van der Waals surface area contributed by atoms with Gasteiger partial charge in [0.25, 0.3) is 0 Å². The third kappa shape index (κ3) is 2.72. The number of aliphatic hydroxyl groups excluding tert-OH is 1. The van der Waals surface area contributed by atoms with Gasteiger partial charge in [-0.1, -0.05) is 11.8 Å². The minimum Gasteiger partial charge on any atom is -0.394 e. The van der Waals surface area contributed by atoms with Crippen molar-refractivity contribution in [2.24, 2.45) is 5.73 Å². The van der Waals surface area contributed by atoms with Gasteiger partial charge in [-0.05, 0) is 32.3 Å². The summed E-state index contributed by atoms with van der Waals surface area (Å²) in [5.74, 6) is 0. The Hall–Kier alpha value is -0.650. The molecule has 0 spiro atoms. The van der Waals surface area contributed by atoms with Crippen LogP contribution in [0, 0.1) is 6.92 Å². The van der Waals surface area contributed by atoms with Gasteiger partial charge in [0, 0.05) is 22.7 Å². The molecule has 1 aliphatic rings. The summed E-state index contributed by atoms with van der Waals surface area (Å²) in [7, 11) is 0. The lowest BCUT2D eigenvalue weighted by atomic mass is 10.0. The first kappa shape index (κ1) is 11.8. The number of thioether (sulfide) groups is 1. The average molecular weight is 239 g/mol. The Bertz CT molecular complexity index is 374. The molecular formula is C11H17N3OS. The highest BCUT2D eigenvalue weighted by atomic mass is 32.2. The Morgan fingerprint density at radius 3 is 3.12 bits per heavy atom. The fourth-order valence-electron chi connectivity index (χ4n) is 1.98. The fraction of sp³-hybridized carbons (Fsp3) is 0.636. The van der Waals surface area contributed by atoms with Crippen molar-refractivity contribution in [3.8, 4) is 0 Å². The van der Waals surface area contributed by atoms with Gasteiger partial charge in [0.15, 0.2) is 5.16 Å². The molecule has 2 atom stereocenters. The van der Waals surface area contributed by atoms with Crippen LogP contribution < -0.4 is 5.73 Å². The molecule has 0 bridgehead atoms. The molecule has 88 valence electrons. The van der Waals surface area contributed by atoms with Crippen molar-refractivity contribution < 1.29 is 5.11 Å². The van der Waals surface area contributed by atoms with Crippen molar-refractivity contribution in [3.05, 3.63) is 18.0 Å². The molecule has 16 heavy (non-hydrogen) atoms. The lowest BCUT2D eigenvalue weighted by Crippen LogP contribution is -2.40. The number of aliphatic hydroxyl groups is 1. The monoisotopic (exact) mass is 239 g/mol. The summed E-state index contributed by atoms with van der Waals surface area (Å²) in [6, 6.07) is 1.89. The molecule has 1 heterocycles. The van der Waals surface area contributed by atoms with E-state index in [2.05, 4.69) is 9.97 Å². The van der Waals surface area contributed by atoms with E-state index < -0.39 is 0 Å². The highest BCUT2D eigenvalue weighted by Crippen LogP contribution is 2.37. The van der Waals surface area contributed by atoms with Crippen LogP contribution in [-0.4, -0.2) is 32.5 Å². The van der Waals surface area contributed by atoms with E-state index in [1.807, 2.05) is 13.0 Å². The van der Waals surface area contributed by atoms with Crippen LogP contribution in [0.25, 0.3) is 0 Å². The zero-order valence-corrected chi connectivity index (χ0v) is 10.2. The van der Waals surface area contributed by atoms with Gasteiger partial charge in [0.1, 0.15) is 0 Å². The maximum atomic E-state index is 9.19. The van der Waals surface area contributed by atoms with Crippen LogP contribution >= 0.6 is 11.8 Å². The lowest BCUT2D eigenvalue weighted by Gasteiger charge is -2.20. The van der Waals surface area contributed by atoms with Crippen molar-refractivity contribution in [1.82, 2.24) is 9.97 Å². The molecule has 0 amide bonds. The summed E-state index contributed by atoms with van der Waals surface area (Å²) < 4.78 is 0. The zero-order valence-electron chi connectivity index (χ0n) is 9.39. The molecule has 1 saturated carbocycles. The van der Waals surface area contributed by atoms with E-state index in [1.54, 1.807) is 18.0 Å². The molecule has 1 aromatic heterocycles. The standard InChI is InChI=1S/C11H17N3OS/c1-8-3-5-13-10(14-8)16-9-2-4-11(12,6-9)7-15/h3,5,9,15H,2,4,6-7,12H2,1H3. The van der Waals surface area contributed by atoms with Crippen LogP contribution in [0.2, 0.25) is 0 Å². The average Bonchev–Trinajstić information content (AvgIpc) is 2.61. The van der Waals surface area contributed by atoms with Gasteiger partial charge in [-0.3, -0.25) is 0 Å². The van der Waals surface area contributed by atoms with Gasteiger partial charge in [0.2, 0.25) is 0 Å². The van der Waals surface area contributed by atoms with Crippen molar-refractivity contribution in [3.63, 3.8) is 0 Å². The molecule has 0 aromatic carbocycles. The van der Waals surface area contributed by atoms with Crippen LogP contribution in [0.3, 0.4) is 0 Å². The van der Waals surface area contributed by atoms with E-state index in [1.165, 1.54) is 0 Å². The Balaban J connectivity index is 1.97. The van der Waals surface area contributed by atoms with E-state index in [9.17, 15) is 5.11 Å². The van der Waals surface area contributed by atoms with Crippen molar-refractivity contribution in [1.29, 1.82) is 0 Å². The third-order valence-corrected chi connectivity index (χ3v) is 4.10. The predicted octanol–water partition coefficient (Wildman–Crippen LogP) is 1.12. The van der Waals surface area contributed by atoms with Gasteiger partial charge < -0.3 is 10.8 Å². The molecule has 5 heteroatoms. The van der Waals surface area contributed by atoms with Crippen molar-refractivity contribution in [2.45, 2.75) is 42.1 Å². The Morgan fingerprint density at radius 1 is 1.69 bits per heavy atom. The SMILES string of the molecule is Cc1ccnc(SC2CCC(N)(CO)C2)n1.